The summed E-state index contributed by atoms with van der Waals surface area (Å²) in [6.07, 6.45) is -0.816. The van der Waals surface area contributed by atoms with Crippen molar-refractivity contribution in [3.63, 3.8) is 0 Å². The molecule has 4 atom stereocenters. The van der Waals surface area contributed by atoms with E-state index in [1.54, 1.807) is 84.9 Å². The lowest BCUT2D eigenvalue weighted by molar-refractivity contribution is -0.132. The molecule has 4 amide bonds. The maximum atomic E-state index is 14.8. The lowest BCUT2D eigenvalue weighted by Gasteiger charge is -2.29. The van der Waals surface area contributed by atoms with E-state index < -0.39 is 55.3 Å². The fourth-order valence-electron chi connectivity index (χ4n) is 4.65. The molecule has 4 rings (SSSR count). The van der Waals surface area contributed by atoms with Crippen molar-refractivity contribution in [3.05, 3.63) is 132 Å². The summed E-state index contributed by atoms with van der Waals surface area (Å²) in [5.74, 6) is -3.31. The fourth-order valence-corrected chi connectivity index (χ4v) is 6.55. The van der Waals surface area contributed by atoms with Crippen molar-refractivity contribution in [3.8, 4) is 11.5 Å². The zero-order chi connectivity index (χ0) is 37.7. The molecule has 0 aliphatic heterocycles. The first kappa shape index (κ1) is 38.7. The summed E-state index contributed by atoms with van der Waals surface area (Å²) in [6, 6.07) is 28.3. The highest BCUT2D eigenvalue weighted by atomic mass is 31.2. The molecule has 15 heteroatoms. The minimum absolute atomic E-state index is 0.0105. The predicted molar refractivity (Wildman–Crippen MR) is 195 cm³/mol. The first-order chi connectivity index (χ1) is 24.8. The van der Waals surface area contributed by atoms with Gasteiger partial charge >= 0.3 is 13.7 Å². The van der Waals surface area contributed by atoms with Gasteiger partial charge < -0.3 is 40.8 Å². The third-order valence-corrected chi connectivity index (χ3v) is 9.52. The Balaban J connectivity index is 1.46. The highest BCUT2D eigenvalue weighted by Gasteiger charge is 2.43. The van der Waals surface area contributed by atoms with E-state index in [1.807, 2.05) is 6.07 Å². The van der Waals surface area contributed by atoms with Gasteiger partial charge in [0.15, 0.2) is 5.78 Å². The van der Waals surface area contributed by atoms with Crippen LogP contribution in [0.4, 0.5) is 4.79 Å². The Kier molecular flexibility index (Phi) is 13.5. The van der Waals surface area contributed by atoms with Crippen molar-refractivity contribution in [1.82, 2.24) is 21.3 Å². The van der Waals surface area contributed by atoms with Crippen LogP contribution in [-0.2, 0) is 30.3 Å². The molecule has 0 spiro atoms. The predicted octanol–water partition coefficient (Wildman–Crippen LogP) is 4.76. The van der Waals surface area contributed by atoms with Crippen LogP contribution in [0.3, 0.4) is 0 Å². The Labute approximate surface area is 301 Å². The van der Waals surface area contributed by atoms with Crippen LogP contribution in [0.15, 0.2) is 115 Å². The summed E-state index contributed by atoms with van der Waals surface area (Å²) < 4.78 is 32.0. The molecule has 0 saturated heterocycles. The van der Waals surface area contributed by atoms with Crippen LogP contribution >= 0.6 is 7.60 Å². The van der Waals surface area contributed by atoms with Crippen LogP contribution in [0.5, 0.6) is 11.5 Å². The molecule has 1 unspecified atom stereocenters. The zero-order valence-electron chi connectivity index (χ0n) is 28.8. The maximum Gasteiger partial charge on any atom is 0.457 e. The van der Waals surface area contributed by atoms with Gasteiger partial charge in [0, 0.05) is 5.56 Å². The largest absolute Gasteiger partial charge is 0.457 e. The zero-order valence-corrected chi connectivity index (χ0v) is 29.7. The van der Waals surface area contributed by atoms with Crippen molar-refractivity contribution >= 4 is 37.2 Å². The van der Waals surface area contributed by atoms with Crippen LogP contribution in [0.1, 0.15) is 43.2 Å². The molecule has 0 heterocycles. The lowest BCUT2D eigenvalue weighted by Crippen LogP contribution is -2.54. The van der Waals surface area contributed by atoms with E-state index in [-0.39, 0.29) is 23.9 Å². The fraction of sp³-hybridized carbons (Fsp3) is 0.216. The topological polar surface area (TPSA) is 211 Å². The maximum absolute atomic E-state index is 14.8. The molecule has 272 valence electrons. The highest BCUT2D eigenvalue weighted by Crippen LogP contribution is 2.59. The second-order valence-corrected chi connectivity index (χ2v) is 13.6. The summed E-state index contributed by atoms with van der Waals surface area (Å²) >= 11 is 0. The Bertz CT molecular complexity index is 1840. The number of ether oxygens (including phenoxy) is 1. The normalized spacial score (nSPS) is 13.2. The number of hydrogen-bond acceptors (Lipinski definition) is 9. The van der Waals surface area contributed by atoms with Crippen molar-refractivity contribution in [1.29, 1.82) is 5.41 Å². The van der Waals surface area contributed by atoms with Gasteiger partial charge in [-0.05, 0) is 56.2 Å². The molecule has 4 aromatic rings. The Morgan fingerprint density at radius 3 is 1.52 bits per heavy atom. The average Bonchev–Trinajstić information content (AvgIpc) is 3.13. The molecule has 0 bridgehead atoms. The van der Waals surface area contributed by atoms with Gasteiger partial charge in [-0.3, -0.25) is 19.8 Å². The smallest absolute Gasteiger partial charge is 0.445 e. The van der Waals surface area contributed by atoms with Gasteiger partial charge in [0.1, 0.15) is 42.1 Å². The Morgan fingerprint density at radius 1 is 0.635 bits per heavy atom. The highest BCUT2D eigenvalue weighted by molar-refractivity contribution is 7.55. The molecule has 0 aliphatic carbocycles. The first-order valence-corrected chi connectivity index (χ1v) is 17.9. The van der Waals surface area contributed by atoms with Crippen LogP contribution < -0.4 is 36.0 Å². The SMILES string of the molecule is C[C@H](NC(=O)OCc1ccccc1)C(=O)N[C@@H](C)C(=O)N[C@@H](C)C(=O)NC(c1ccc(C(=N)N)cc1)P(=O)(Oc1ccccc1)Oc1ccccc1. The van der Waals surface area contributed by atoms with Gasteiger partial charge in [0.05, 0.1) is 0 Å². The molecule has 0 radical (unpaired) electrons. The third kappa shape index (κ3) is 11.2. The van der Waals surface area contributed by atoms with E-state index in [9.17, 15) is 23.7 Å². The number of nitrogens with two attached hydrogens (primary N) is 1. The summed E-state index contributed by atoms with van der Waals surface area (Å²) in [4.78, 5) is 51.7. The number of para-hydroxylation sites is 2. The molecule has 0 saturated carbocycles. The molecular formula is C37H41N6O8P. The summed E-state index contributed by atoms with van der Waals surface area (Å²) in [6.45, 7) is 4.26. The first-order valence-electron chi connectivity index (χ1n) is 16.3. The number of carbonyl (C=O) groups is 4. The molecule has 14 nitrogen and oxygen atoms in total. The van der Waals surface area contributed by atoms with Crippen molar-refractivity contribution in [2.75, 3.05) is 0 Å². The minimum atomic E-state index is -4.38. The van der Waals surface area contributed by atoms with Gasteiger partial charge in [-0.25, -0.2) is 9.36 Å². The lowest BCUT2D eigenvalue weighted by atomic mass is 10.1. The molecular weight excluding hydrogens is 687 g/mol. The summed E-state index contributed by atoms with van der Waals surface area (Å²) in [7, 11) is -4.38. The van der Waals surface area contributed by atoms with Crippen LogP contribution in [0.25, 0.3) is 0 Å². The molecule has 0 fully saturated rings. The van der Waals surface area contributed by atoms with E-state index in [0.29, 0.717) is 11.1 Å². The number of nitrogen functional groups attached to an aromatic ring is 1. The number of amidine groups is 1. The standard InChI is InChI=1S/C37H41N6O8P/c1-24(40-34(45)26(3)42-37(47)49-23-27-13-7-4-8-14-27)33(44)41-25(2)35(46)43-36(29-21-19-28(20-22-29)32(38)39)52(48,50-30-15-9-5-10-16-30)51-31-17-11-6-12-18-31/h4-22,24-26,36H,23H2,1-3H3,(H3,38,39)(H,40,45)(H,41,44)(H,42,47)(H,43,46)/t24-,25-,26-,36?/m0/s1. The quantitative estimate of drug-likeness (QED) is 0.0533. The number of hydrogen-bond donors (Lipinski definition) is 6. The Hall–Kier alpha value is -6.14. The number of alkyl carbamates (subject to hydrolysis) is 1. The second kappa shape index (κ2) is 18.2. The third-order valence-electron chi connectivity index (χ3n) is 7.53. The van der Waals surface area contributed by atoms with Gasteiger partial charge in [-0.2, -0.15) is 0 Å². The number of carbonyl (C=O) groups excluding carboxylic acids is 4. The van der Waals surface area contributed by atoms with Gasteiger partial charge in [0.2, 0.25) is 17.7 Å². The van der Waals surface area contributed by atoms with E-state index in [1.165, 1.54) is 45.0 Å². The molecule has 0 aromatic heterocycles. The van der Waals surface area contributed by atoms with E-state index >= 15 is 0 Å². The number of benzene rings is 4. The van der Waals surface area contributed by atoms with E-state index in [4.69, 9.17) is 24.9 Å². The van der Waals surface area contributed by atoms with Crippen molar-refractivity contribution in [2.24, 2.45) is 5.73 Å². The average molecular weight is 729 g/mol. The van der Waals surface area contributed by atoms with Crippen LogP contribution in [0.2, 0.25) is 0 Å². The van der Waals surface area contributed by atoms with Gasteiger partial charge in [-0.1, -0.05) is 91.0 Å². The summed E-state index contributed by atoms with van der Waals surface area (Å²) in [5, 5.41) is 17.9. The second-order valence-electron chi connectivity index (χ2n) is 11.7. The van der Waals surface area contributed by atoms with Gasteiger partial charge in [-0.15, -0.1) is 0 Å². The van der Waals surface area contributed by atoms with Crippen molar-refractivity contribution in [2.45, 2.75) is 51.3 Å². The van der Waals surface area contributed by atoms with Crippen molar-refractivity contribution < 1.29 is 37.5 Å². The number of nitrogens with one attached hydrogen (secondary N) is 5. The summed E-state index contributed by atoms with van der Waals surface area (Å²) in [5.41, 5.74) is 7.10. The molecule has 52 heavy (non-hydrogen) atoms. The van der Waals surface area contributed by atoms with Crippen LogP contribution in [-0.4, -0.2) is 47.8 Å². The van der Waals surface area contributed by atoms with E-state index in [0.717, 1.165) is 5.56 Å². The number of rotatable bonds is 16. The molecule has 0 aliphatic rings. The monoisotopic (exact) mass is 728 g/mol. The minimum Gasteiger partial charge on any atom is -0.445 e. The number of amides is 4. The van der Waals surface area contributed by atoms with Gasteiger partial charge in [0.25, 0.3) is 0 Å². The Morgan fingerprint density at radius 2 is 1.06 bits per heavy atom. The van der Waals surface area contributed by atoms with Crippen LogP contribution in [0, 0.1) is 5.41 Å². The van der Waals surface area contributed by atoms with E-state index in [2.05, 4.69) is 21.3 Å². The molecule has 7 N–H and O–H groups in total. The molecule has 4 aromatic carbocycles.